The Labute approximate surface area is 130 Å². The van der Waals surface area contributed by atoms with Gasteiger partial charge in [0.25, 0.3) is 11.2 Å². The highest BCUT2D eigenvalue weighted by Crippen LogP contribution is 2.29. The molecule has 0 amide bonds. The van der Waals surface area contributed by atoms with Crippen LogP contribution >= 0.6 is 0 Å². The van der Waals surface area contributed by atoms with Crippen LogP contribution in [0.15, 0.2) is 0 Å². The van der Waals surface area contributed by atoms with Gasteiger partial charge in [-0.2, -0.15) is 0 Å². The highest BCUT2D eigenvalue weighted by atomic mass is 28.3. The van der Waals surface area contributed by atoms with Crippen molar-refractivity contribution in [3.05, 3.63) is 0 Å². The first-order valence-corrected chi connectivity index (χ1v) is 10.6. The normalized spacial score (nSPS) is 11.8. The minimum atomic E-state index is -2.93. The van der Waals surface area contributed by atoms with Crippen molar-refractivity contribution in [2.45, 2.75) is 66.5 Å². The first-order chi connectivity index (χ1) is 9.80. The van der Waals surface area contributed by atoms with E-state index in [1.54, 1.807) is 0 Å². The van der Waals surface area contributed by atoms with Crippen molar-refractivity contribution in [3.63, 3.8) is 0 Å². The van der Waals surface area contributed by atoms with Crippen LogP contribution in [0.3, 0.4) is 0 Å². The molecule has 0 fully saturated rings. The Morgan fingerprint density at radius 1 is 0.810 bits per heavy atom. The van der Waals surface area contributed by atoms with Gasteiger partial charge in [-0.3, -0.25) is 9.59 Å². The van der Waals surface area contributed by atoms with Crippen LogP contribution in [0, 0.1) is 11.8 Å². The third-order valence-electron chi connectivity index (χ3n) is 3.17. The van der Waals surface area contributed by atoms with Gasteiger partial charge in [0.1, 0.15) is 0 Å². The Bertz CT molecular complexity index is 294. The van der Waals surface area contributed by atoms with Crippen LogP contribution < -0.4 is 0 Å². The van der Waals surface area contributed by atoms with Gasteiger partial charge in [0, 0.05) is 0 Å². The van der Waals surface area contributed by atoms with E-state index in [2.05, 4.69) is 0 Å². The van der Waals surface area contributed by atoms with Crippen LogP contribution in [0.5, 0.6) is 0 Å². The maximum Gasteiger partial charge on any atom is 0.312 e. The van der Waals surface area contributed by atoms with Crippen molar-refractivity contribution in [1.29, 1.82) is 0 Å². The Morgan fingerprint density at radius 2 is 1.14 bits per heavy atom. The molecule has 124 valence electrons. The summed E-state index contributed by atoms with van der Waals surface area (Å²) in [5, 5.41) is 0. The molecule has 0 saturated carbocycles. The fourth-order valence-corrected chi connectivity index (χ4v) is 7.10. The van der Waals surface area contributed by atoms with Crippen molar-refractivity contribution >= 4 is 19.3 Å². The number of hydrogen-bond donors (Lipinski definition) is 0. The average molecular weight is 317 g/mol. The Balaban J connectivity index is 5.38. The van der Waals surface area contributed by atoms with E-state index in [1.807, 2.05) is 41.5 Å². The summed E-state index contributed by atoms with van der Waals surface area (Å²) in [6.45, 7) is 12.8. The lowest BCUT2D eigenvalue weighted by Crippen LogP contribution is -2.54. The van der Waals surface area contributed by atoms with E-state index in [-0.39, 0.29) is 23.0 Å². The van der Waals surface area contributed by atoms with Gasteiger partial charge >= 0.3 is 8.07 Å². The van der Waals surface area contributed by atoms with Crippen LogP contribution in [-0.4, -0.2) is 32.5 Å². The van der Waals surface area contributed by atoms with Gasteiger partial charge in [0.15, 0.2) is 0 Å². The molecule has 5 heteroatoms. The zero-order chi connectivity index (χ0) is 16.5. The number of ether oxygens (including phenoxy) is 2. The lowest BCUT2D eigenvalue weighted by atomic mass is 10.3. The van der Waals surface area contributed by atoms with Crippen molar-refractivity contribution in [2.75, 3.05) is 13.2 Å². The summed E-state index contributed by atoms with van der Waals surface area (Å²) < 4.78 is 10.8. The summed E-state index contributed by atoms with van der Waals surface area (Å²) in [6.07, 6.45) is 1.53. The van der Waals surface area contributed by atoms with E-state index >= 15 is 0 Å². The van der Waals surface area contributed by atoms with Crippen molar-refractivity contribution in [3.8, 4) is 0 Å². The number of carbonyl (C=O) groups is 2. The SMILES string of the molecule is CCCOC(=O)[Si](CC(C)C)(CC(C)C)C(=O)OCCC. The molecule has 0 radical (unpaired) electrons. The summed E-state index contributed by atoms with van der Waals surface area (Å²) in [6, 6.07) is 1.21. The molecule has 0 heterocycles. The molecular weight excluding hydrogens is 284 g/mol. The fraction of sp³-hybridized carbons (Fsp3) is 0.875. The summed E-state index contributed by atoms with van der Waals surface area (Å²) >= 11 is 0. The monoisotopic (exact) mass is 316 g/mol. The third-order valence-corrected chi connectivity index (χ3v) is 8.05. The van der Waals surface area contributed by atoms with Gasteiger partial charge in [-0.25, -0.2) is 0 Å². The second kappa shape index (κ2) is 9.98. The lowest BCUT2D eigenvalue weighted by Gasteiger charge is -2.29. The molecule has 0 aliphatic rings. The molecule has 0 N–H and O–H groups in total. The van der Waals surface area contributed by atoms with Crippen LogP contribution in [-0.2, 0) is 9.47 Å². The van der Waals surface area contributed by atoms with E-state index in [0.29, 0.717) is 25.3 Å². The van der Waals surface area contributed by atoms with E-state index in [9.17, 15) is 9.59 Å². The highest BCUT2D eigenvalue weighted by Gasteiger charge is 2.53. The molecule has 0 unspecified atom stereocenters. The zero-order valence-electron chi connectivity index (χ0n) is 14.5. The third kappa shape index (κ3) is 6.63. The molecule has 0 atom stereocenters. The van der Waals surface area contributed by atoms with Gasteiger partial charge in [0.05, 0.1) is 13.2 Å². The second-order valence-corrected chi connectivity index (χ2v) is 10.3. The molecule has 0 bridgehead atoms. The standard InChI is InChI=1S/C16H32O4Si/c1-7-9-19-15(17)21(11-13(3)4,12-14(5)6)16(18)20-10-8-2/h13-14H,7-12H2,1-6H3. The van der Waals surface area contributed by atoms with Gasteiger partial charge < -0.3 is 9.47 Å². The molecule has 0 spiro atoms. The van der Waals surface area contributed by atoms with Crippen LogP contribution in [0.25, 0.3) is 0 Å². The zero-order valence-corrected chi connectivity index (χ0v) is 15.5. The minimum absolute atomic E-state index is 0.277. The van der Waals surface area contributed by atoms with Gasteiger partial charge in [0.2, 0.25) is 0 Å². The van der Waals surface area contributed by atoms with E-state index < -0.39 is 8.07 Å². The maximum absolute atomic E-state index is 12.6. The van der Waals surface area contributed by atoms with Gasteiger partial charge in [-0.1, -0.05) is 41.5 Å². The molecule has 0 aliphatic carbocycles. The topological polar surface area (TPSA) is 52.6 Å². The maximum atomic E-state index is 12.6. The molecule has 0 saturated heterocycles. The van der Waals surface area contributed by atoms with Crippen LogP contribution in [0.2, 0.25) is 12.1 Å². The van der Waals surface area contributed by atoms with E-state index in [4.69, 9.17) is 9.47 Å². The van der Waals surface area contributed by atoms with E-state index in [1.165, 1.54) is 0 Å². The average Bonchev–Trinajstić information content (AvgIpc) is 2.39. The predicted molar refractivity (Wildman–Crippen MR) is 88.3 cm³/mol. The highest BCUT2D eigenvalue weighted by molar-refractivity contribution is 7.23. The van der Waals surface area contributed by atoms with Crippen molar-refractivity contribution < 1.29 is 19.1 Å². The quantitative estimate of drug-likeness (QED) is 0.532. The Hall–Kier alpha value is -0.843. The summed E-state index contributed by atoms with van der Waals surface area (Å²) in [5.74, 6) is 0.553. The molecular formula is C16H32O4Si. The molecule has 0 aromatic carbocycles. The molecule has 0 aromatic rings. The van der Waals surface area contributed by atoms with Gasteiger partial charge in [-0.15, -0.1) is 0 Å². The molecule has 0 rings (SSSR count). The second-order valence-electron chi connectivity index (χ2n) is 6.55. The largest absolute Gasteiger partial charge is 0.470 e. The minimum Gasteiger partial charge on any atom is -0.470 e. The Morgan fingerprint density at radius 3 is 1.38 bits per heavy atom. The van der Waals surface area contributed by atoms with Crippen molar-refractivity contribution in [2.24, 2.45) is 11.8 Å². The number of hydrogen-bond acceptors (Lipinski definition) is 4. The number of rotatable bonds is 10. The summed E-state index contributed by atoms with van der Waals surface area (Å²) in [7, 11) is -2.93. The van der Waals surface area contributed by atoms with Crippen LogP contribution in [0.4, 0.5) is 9.59 Å². The first-order valence-electron chi connectivity index (χ1n) is 8.14. The smallest absolute Gasteiger partial charge is 0.312 e. The molecule has 0 aromatic heterocycles. The molecule has 21 heavy (non-hydrogen) atoms. The first kappa shape index (κ1) is 20.2. The predicted octanol–water partition coefficient (Wildman–Crippen LogP) is 5.00. The summed E-state index contributed by atoms with van der Waals surface area (Å²) in [4.78, 5) is 25.3. The summed E-state index contributed by atoms with van der Waals surface area (Å²) in [5.41, 5.74) is -0.569. The fourth-order valence-electron chi connectivity index (χ4n) is 2.56. The lowest BCUT2D eigenvalue weighted by molar-refractivity contribution is 0.159. The van der Waals surface area contributed by atoms with Gasteiger partial charge in [-0.05, 0) is 36.8 Å². The molecule has 0 aliphatic heterocycles. The van der Waals surface area contributed by atoms with E-state index in [0.717, 1.165) is 12.8 Å². The number of carbonyl (C=O) groups excluding carboxylic acids is 2. The van der Waals surface area contributed by atoms with Crippen molar-refractivity contribution in [1.82, 2.24) is 0 Å². The Kier molecular flexibility index (Phi) is 9.58. The van der Waals surface area contributed by atoms with Crippen LogP contribution in [0.1, 0.15) is 54.4 Å². The molecule has 4 nitrogen and oxygen atoms in total.